The lowest BCUT2D eigenvalue weighted by Crippen LogP contribution is -2.40. The van der Waals surface area contributed by atoms with Crippen molar-refractivity contribution in [3.8, 4) is 0 Å². The van der Waals surface area contributed by atoms with Crippen LogP contribution in [-0.2, 0) is 29.0 Å². The molecular formula is C27H32N6O4. The average molecular weight is 505 g/mol. The fraction of sp³-hybridized carbons (Fsp3) is 0.481. The largest absolute Gasteiger partial charge is 0.381 e. The minimum atomic E-state index is -0.388. The molecule has 0 unspecified atom stereocenters. The number of carbonyl (C=O) groups is 1. The van der Waals surface area contributed by atoms with Crippen LogP contribution in [0, 0.1) is 5.92 Å². The molecule has 1 saturated carbocycles. The molecular weight excluding hydrogens is 472 g/mol. The first kappa shape index (κ1) is 23.9. The standard InChI is InChI=1S/C27H32N6O4/c1-36-15-20-11-23-22(30-26(34)25(31-28)33(23)14-16-5-8-37-9-6-16)12-21(20)27(35)32-7-4-18-10-19(17-2-3-17)13-29-24(18)32/h10-13,16-17H,2-9,14-15,28H2,1H3,(H,30,34)/b31-25-. The predicted octanol–water partition coefficient (Wildman–Crippen LogP) is 2.15. The number of aromatic amines is 1. The maximum atomic E-state index is 13.9. The Balaban J connectivity index is 1.42. The molecule has 0 atom stereocenters. The maximum Gasteiger partial charge on any atom is 0.293 e. The van der Waals surface area contributed by atoms with Gasteiger partial charge < -0.3 is 24.9 Å². The third kappa shape index (κ3) is 4.44. The van der Waals surface area contributed by atoms with Gasteiger partial charge in [0.2, 0.25) is 5.49 Å². The quantitative estimate of drug-likeness (QED) is 0.391. The van der Waals surface area contributed by atoms with Gasteiger partial charge in [-0.15, -0.1) is 0 Å². The van der Waals surface area contributed by atoms with Crippen LogP contribution in [-0.4, -0.2) is 47.3 Å². The fourth-order valence-electron chi connectivity index (χ4n) is 5.61. The number of amides is 1. The second-order valence-corrected chi connectivity index (χ2v) is 10.3. The van der Waals surface area contributed by atoms with Crippen molar-refractivity contribution in [2.45, 2.75) is 51.2 Å². The molecule has 194 valence electrons. The Morgan fingerprint density at radius 1 is 1.24 bits per heavy atom. The van der Waals surface area contributed by atoms with Crippen LogP contribution in [0.3, 0.4) is 0 Å². The zero-order chi connectivity index (χ0) is 25.5. The molecule has 0 spiro atoms. The van der Waals surface area contributed by atoms with Gasteiger partial charge in [0.1, 0.15) is 5.82 Å². The van der Waals surface area contributed by atoms with Crippen molar-refractivity contribution < 1.29 is 14.3 Å². The summed E-state index contributed by atoms with van der Waals surface area (Å²) >= 11 is 0. The van der Waals surface area contributed by atoms with Crippen molar-refractivity contribution in [2.75, 3.05) is 31.8 Å². The summed E-state index contributed by atoms with van der Waals surface area (Å²) in [6.45, 7) is 2.81. The van der Waals surface area contributed by atoms with Crippen molar-refractivity contribution in [3.05, 3.63) is 62.5 Å². The highest BCUT2D eigenvalue weighted by Crippen LogP contribution is 2.41. The molecule has 0 radical (unpaired) electrons. The third-order valence-electron chi connectivity index (χ3n) is 7.77. The van der Waals surface area contributed by atoms with E-state index in [1.54, 1.807) is 18.1 Å². The Morgan fingerprint density at radius 2 is 2.05 bits per heavy atom. The van der Waals surface area contributed by atoms with Crippen molar-refractivity contribution in [2.24, 2.45) is 16.9 Å². The number of nitrogens with zero attached hydrogens (tertiary/aromatic N) is 4. The number of aromatic nitrogens is 3. The van der Waals surface area contributed by atoms with Gasteiger partial charge in [0.05, 0.1) is 17.6 Å². The van der Waals surface area contributed by atoms with Gasteiger partial charge in [-0.05, 0) is 72.8 Å². The lowest BCUT2D eigenvalue weighted by molar-refractivity contribution is 0.0612. The van der Waals surface area contributed by atoms with Gasteiger partial charge in [0, 0.05) is 45.2 Å². The van der Waals surface area contributed by atoms with Crippen molar-refractivity contribution in [1.29, 1.82) is 0 Å². The summed E-state index contributed by atoms with van der Waals surface area (Å²) in [5.41, 5.74) is 4.69. The summed E-state index contributed by atoms with van der Waals surface area (Å²) in [5.74, 6) is 7.18. The summed E-state index contributed by atoms with van der Waals surface area (Å²) in [7, 11) is 1.61. The molecule has 2 fully saturated rings. The Morgan fingerprint density at radius 3 is 2.78 bits per heavy atom. The number of fused-ring (bicyclic) bond motifs is 2. The molecule has 4 heterocycles. The number of nitrogens with one attached hydrogen (secondary N) is 1. The Kier molecular flexibility index (Phi) is 6.29. The predicted molar refractivity (Wildman–Crippen MR) is 138 cm³/mol. The van der Waals surface area contributed by atoms with E-state index in [1.807, 2.05) is 16.8 Å². The number of anilines is 1. The summed E-state index contributed by atoms with van der Waals surface area (Å²) < 4.78 is 12.9. The van der Waals surface area contributed by atoms with Crippen LogP contribution >= 0.6 is 0 Å². The minimum Gasteiger partial charge on any atom is -0.381 e. The number of benzene rings is 1. The fourth-order valence-corrected chi connectivity index (χ4v) is 5.61. The smallest absolute Gasteiger partial charge is 0.293 e. The van der Waals surface area contributed by atoms with Gasteiger partial charge in [-0.3, -0.25) is 14.5 Å². The first-order valence-electron chi connectivity index (χ1n) is 13.0. The van der Waals surface area contributed by atoms with Gasteiger partial charge in [-0.1, -0.05) is 6.07 Å². The van der Waals surface area contributed by atoms with Crippen molar-refractivity contribution in [1.82, 2.24) is 14.5 Å². The van der Waals surface area contributed by atoms with Crippen LogP contribution in [0.2, 0.25) is 0 Å². The SMILES string of the molecule is COCc1cc2c(cc1C(=O)N1CCc3cc(C4CC4)cnc31)[nH]c(=O)/c(=N/N)n2CC1CCOCC1. The van der Waals surface area contributed by atoms with Crippen LogP contribution in [0.15, 0.2) is 34.3 Å². The molecule has 10 heteroatoms. The van der Waals surface area contributed by atoms with Gasteiger partial charge in [0.15, 0.2) is 0 Å². The Hall–Kier alpha value is -3.50. The summed E-state index contributed by atoms with van der Waals surface area (Å²) in [6, 6.07) is 5.87. The number of ether oxygens (including phenoxy) is 2. The molecule has 3 aliphatic rings. The van der Waals surface area contributed by atoms with E-state index in [1.165, 1.54) is 18.4 Å². The van der Waals surface area contributed by atoms with Crippen LogP contribution < -0.4 is 21.8 Å². The molecule has 1 saturated heterocycles. The topological polar surface area (TPSA) is 128 Å². The van der Waals surface area contributed by atoms with E-state index in [0.717, 1.165) is 41.7 Å². The molecule has 3 aromatic rings. The number of pyridine rings is 1. The molecule has 0 bridgehead atoms. The molecule has 10 nitrogen and oxygen atoms in total. The zero-order valence-corrected chi connectivity index (χ0v) is 21.0. The lowest BCUT2D eigenvalue weighted by Gasteiger charge is -2.24. The van der Waals surface area contributed by atoms with Crippen LogP contribution in [0.25, 0.3) is 11.0 Å². The normalized spacial score (nSPS) is 18.5. The minimum absolute atomic E-state index is 0.149. The van der Waals surface area contributed by atoms with Crippen molar-refractivity contribution in [3.63, 3.8) is 0 Å². The highest BCUT2D eigenvalue weighted by molar-refractivity contribution is 6.09. The van der Waals surface area contributed by atoms with E-state index in [-0.39, 0.29) is 23.6 Å². The first-order chi connectivity index (χ1) is 18.1. The summed E-state index contributed by atoms with van der Waals surface area (Å²) in [4.78, 5) is 36.1. The number of H-pyrrole nitrogens is 1. The van der Waals surface area contributed by atoms with Crippen LogP contribution in [0.4, 0.5) is 5.82 Å². The molecule has 2 aliphatic heterocycles. The van der Waals surface area contributed by atoms with Gasteiger partial charge in [-0.25, -0.2) is 4.98 Å². The molecule has 2 aromatic heterocycles. The molecule has 1 amide bonds. The second kappa shape index (κ2) is 9.75. The van der Waals surface area contributed by atoms with E-state index in [2.05, 4.69) is 21.1 Å². The summed E-state index contributed by atoms with van der Waals surface area (Å²) in [6.07, 6.45) is 6.92. The molecule has 3 N–H and O–H groups in total. The number of rotatable bonds is 6. The zero-order valence-electron chi connectivity index (χ0n) is 21.0. The highest BCUT2D eigenvalue weighted by atomic mass is 16.5. The molecule has 1 aliphatic carbocycles. The molecule has 1 aromatic carbocycles. The lowest BCUT2D eigenvalue weighted by atomic mass is 9.99. The van der Waals surface area contributed by atoms with Gasteiger partial charge in [-0.2, -0.15) is 5.10 Å². The van der Waals surface area contributed by atoms with Crippen LogP contribution in [0.1, 0.15) is 58.6 Å². The van der Waals surface area contributed by atoms with E-state index >= 15 is 0 Å². The third-order valence-corrected chi connectivity index (χ3v) is 7.77. The number of hydrogen-bond acceptors (Lipinski definition) is 7. The number of nitrogens with two attached hydrogens (primary N) is 1. The number of methoxy groups -OCH3 is 1. The van der Waals surface area contributed by atoms with Crippen LogP contribution in [0.5, 0.6) is 0 Å². The number of hydrogen-bond donors (Lipinski definition) is 2. The second-order valence-electron chi connectivity index (χ2n) is 10.3. The number of carbonyl (C=O) groups excluding carboxylic acids is 1. The van der Waals surface area contributed by atoms with Gasteiger partial charge >= 0.3 is 0 Å². The highest BCUT2D eigenvalue weighted by Gasteiger charge is 2.31. The molecule has 6 rings (SSSR count). The van der Waals surface area contributed by atoms with E-state index in [9.17, 15) is 9.59 Å². The van der Waals surface area contributed by atoms with E-state index in [0.29, 0.717) is 49.2 Å². The monoisotopic (exact) mass is 504 g/mol. The Bertz CT molecular complexity index is 1480. The van der Waals surface area contributed by atoms with Crippen molar-refractivity contribution >= 4 is 22.8 Å². The molecule has 37 heavy (non-hydrogen) atoms. The first-order valence-corrected chi connectivity index (χ1v) is 13.0. The maximum absolute atomic E-state index is 13.9. The Labute approximate surface area is 214 Å². The average Bonchev–Trinajstić information content (AvgIpc) is 3.68. The van der Waals surface area contributed by atoms with E-state index < -0.39 is 0 Å². The van der Waals surface area contributed by atoms with Gasteiger partial charge in [0.25, 0.3) is 11.5 Å². The van der Waals surface area contributed by atoms with E-state index in [4.69, 9.17) is 15.3 Å². The summed E-state index contributed by atoms with van der Waals surface area (Å²) in [5, 5.41) is 3.80.